The van der Waals surface area contributed by atoms with E-state index in [1.54, 1.807) is 26.0 Å². The summed E-state index contributed by atoms with van der Waals surface area (Å²) in [5.74, 6) is -0.305. The highest BCUT2D eigenvalue weighted by atomic mass is 32.2. The average molecular weight is 292 g/mol. The third-order valence-corrected chi connectivity index (χ3v) is 4.24. The van der Waals surface area contributed by atoms with Crippen LogP contribution >= 0.6 is 0 Å². The molecule has 18 heavy (non-hydrogen) atoms. The molecule has 0 aliphatic rings. The Morgan fingerprint density at radius 3 is 2.50 bits per heavy atom. The normalized spacial score (nSPS) is 11.9. The summed E-state index contributed by atoms with van der Waals surface area (Å²) in [5, 5.41) is 0. The van der Waals surface area contributed by atoms with Crippen molar-refractivity contribution in [2.75, 3.05) is 6.61 Å². The SMILES string of the molecule is CCCOS(=O)(=O)c1ccc(C)cc1C[SH](=O)=O. The zero-order valence-corrected chi connectivity index (χ0v) is 12.0. The van der Waals surface area contributed by atoms with Gasteiger partial charge in [0.25, 0.3) is 10.1 Å². The van der Waals surface area contributed by atoms with E-state index in [9.17, 15) is 16.8 Å². The van der Waals surface area contributed by atoms with Crippen LogP contribution in [0.1, 0.15) is 24.5 Å². The van der Waals surface area contributed by atoms with Gasteiger partial charge in [0.15, 0.2) is 0 Å². The third-order valence-electron chi connectivity index (χ3n) is 2.23. The lowest BCUT2D eigenvalue weighted by atomic mass is 10.2. The van der Waals surface area contributed by atoms with Crippen molar-refractivity contribution < 1.29 is 21.0 Å². The Labute approximate surface area is 109 Å². The van der Waals surface area contributed by atoms with Crippen LogP contribution in [-0.2, 0) is 30.8 Å². The standard InChI is InChI=1S/C11H16O5S2/c1-3-6-16-18(14,15)11-5-4-9(2)7-10(11)8-17(12)13/h4-5,7,17H,3,6,8H2,1-2H3. The molecule has 0 atom stereocenters. The number of hydrogen-bond donors (Lipinski definition) is 1. The van der Waals surface area contributed by atoms with Crippen LogP contribution in [0.15, 0.2) is 23.1 Å². The molecule has 0 saturated heterocycles. The molecule has 0 radical (unpaired) electrons. The van der Waals surface area contributed by atoms with Crippen molar-refractivity contribution in [2.24, 2.45) is 0 Å². The molecule has 1 rings (SSSR count). The largest absolute Gasteiger partial charge is 0.297 e. The van der Waals surface area contributed by atoms with Crippen molar-refractivity contribution in [3.63, 3.8) is 0 Å². The molecule has 5 nitrogen and oxygen atoms in total. The summed E-state index contributed by atoms with van der Waals surface area (Å²) in [5.41, 5.74) is 1.05. The zero-order valence-electron chi connectivity index (χ0n) is 10.3. The molecule has 0 bridgehead atoms. The summed E-state index contributed by atoms with van der Waals surface area (Å²) in [6.07, 6.45) is 0.566. The molecule has 7 heteroatoms. The van der Waals surface area contributed by atoms with Gasteiger partial charge in [-0.25, -0.2) is 8.42 Å². The number of hydrogen-bond acceptors (Lipinski definition) is 5. The molecule has 0 amide bonds. The minimum Gasteiger partial charge on any atom is -0.266 e. The second-order valence-corrected chi connectivity index (χ2v) is 6.44. The van der Waals surface area contributed by atoms with Crippen LogP contribution in [0, 0.1) is 6.92 Å². The smallest absolute Gasteiger partial charge is 0.266 e. The second-order valence-electron chi connectivity index (χ2n) is 3.88. The van der Waals surface area contributed by atoms with Crippen LogP contribution in [0.5, 0.6) is 0 Å². The van der Waals surface area contributed by atoms with Gasteiger partial charge in [-0.1, -0.05) is 24.6 Å². The predicted molar refractivity (Wildman–Crippen MR) is 68.6 cm³/mol. The molecule has 1 aromatic rings. The molecular formula is C11H16O5S2. The number of benzene rings is 1. The van der Waals surface area contributed by atoms with Gasteiger partial charge in [-0.3, -0.25) is 4.18 Å². The summed E-state index contributed by atoms with van der Waals surface area (Å²) < 4.78 is 50.1. The van der Waals surface area contributed by atoms with E-state index in [4.69, 9.17) is 4.18 Å². The quantitative estimate of drug-likeness (QED) is 0.630. The fraction of sp³-hybridized carbons (Fsp3) is 0.455. The van der Waals surface area contributed by atoms with E-state index in [0.717, 1.165) is 5.56 Å². The Kier molecular flexibility index (Phi) is 5.30. The van der Waals surface area contributed by atoms with Gasteiger partial charge < -0.3 is 0 Å². The first kappa shape index (κ1) is 15.1. The van der Waals surface area contributed by atoms with Crippen molar-refractivity contribution in [1.82, 2.24) is 0 Å². The molecule has 0 aromatic heterocycles. The maximum absolute atomic E-state index is 11.9. The van der Waals surface area contributed by atoms with E-state index in [0.29, 0.717) is 6.42 Å². The van der Waals surface area contributed by atoms with Crippen LogP contribution in [-0.4, -0.2) is 23.4 Å². The molecule has 0 saturated carbocycles. The van der Waals surface area contributed by atoms with Crippen LogP contribution in [0.2, 0.25) is 0 Å². The monoisotopic (exact) mass is 292 g/mol. The van der Waals surface area contributed by atoms with Crippen molar-refractivity contribution in [3.05, 3.63) is 29.3 Å². The predicted octanol–water partition coefficient (Wildman–Crippen LogP) is 1.22. The lowest BCUT2D eigenvalue weighted by Crippen LogP contribution is -2.10. The van der Waals surface area contributed by atoms with E-state index >= 15 is 0 Å². The fourth-order valence-electron chi connectivity index (χ4n) is 1.47. The fourth-order valence-corrected chi connectivity index (χ4v) is 3.32. The Morgan fingerprint density at radius 2 is 1.94 bits per heavy atom. The Hall–Kier alpha value is -0.920. The van der Waals surface area contributed by atoms with E-state index in [1.807, 2.05) is 0 Å². The van der Waals surface area contributed by atoms with Gasteiger partial charge in [0.1, 0.15) is 10.7 Å². The van der Waals surface area contributed by atoms with Crippen LogP contribution < -0.4 is 0 Å². The molecule has 0 aliphatic heterocycles. The van der Waals surface area contributed by atoms with Crippen LogP contribution in [0.4, 0.5) is 0 Å². The first-order chi connectivity index (χ1) is 8.36. The molecule has 0 unspecified atom stereocenters. The van der Waals surface area contributed by atoms with Gasteiger partial charge in [-0.15, -0.1) is 0 Å². The van der Waals surface area contributed by atoms with Gasteiger partial charge >= 0.3 is 0 Å². The lowest BCUT2D eigenvalue weighted by Gasteiger charge is -2.09. The molecule has 0 aliphatic carbocycles. The first-order valence-corrected chi connectivity index (χ1v) is 8.24. The van der Waals surface area contributed by atoms with Crippen molar-refractivity contribution in [3.8, 4) is 0 Å². The van der Waals surface area contributed by atoms with Gasteiger partial charge in [-0.05, 0) is 25.0 Å². The maximum atomic E-state index is 11.9. The highest BCUT2D eigenvalue weighted by molar-refractivity contribution is 7.86. The van der Waals surface area contributed by atoms with Crippen molar-refractivity contribution >= 4 is 20.8 Å². The van der Waals surface area contributed by atoms with E-state index in [1.165, 1.54) is 6.07 Å². The molecule has 0 fully saturated rings. The lowest BCUT2D eigenvalue weighted by molar-refractivity contribution is 0.318. The summed E-state index contributed by atoms with van der Waals surface area (Å²) in [7, 11) is -6.57. The number of rotatable bonds is 6. The Bertz CT molecular complexity index is 579. The minimum atomic E-state index is -3.88. The van der Waals surface area contributed by atoms with Gasteiger partial charge in [0.05, 0.1) is 17.3 Å². The van der Waals surface area contributed by atoms with Gasteiger partial charge in [-0.2, -0.15) is 8.42 Å². The van der Waals surface area contributed by atoms with Gasteiger partial charge in [0.2, 0.25) is 0 Å². The summed E-state index contributed by atoms with van der Waals surface area (Å²) in [4.78, 5) is -0.0687. The molecule has 0 N–H and O–H groups in total. The summed E-state index contributed by atoms with van der Waals surface area (Å²) in [6, 6.07) is 4.55. The number of thiol groups is 1. The molecule has 0 heterocycles. The summed E-state index contributed by atoms with van der Waals surface area (Å²) in [6.45, 7) is 3.64. The zero-order chi connectivity index (χ0) is 13.8. The van der Waals surface area contributed by atoms with E-state index in [2.05, 4.69) is 0 Å². The highest BCUT2D eigenvalue weighted by Gasteiger charge is 2.19. The Balaban J connectivity index is 3.22. The minimum absolute atomic E-state index is 0.0687. The third kappa shape index (κ3) is 4.08. The van der Waals surface area contributed by atoms with E-state index < -0.39 is 20.8 Å². The number of aryl methyl sites for hydroxylation is 1. The van der Waals surface area contributed by atoms with Crippen LogP contribution in [0.3, 0.4) is 0 Å². The molecule has 0 spiro atoms. The van der Waals surface area contributed by atoms with Crippen molar-refractivity contribution in [1.29, 1.82) is 0 Å². The van der Waals surface area contributed by atoms with Crippen LogP contribution in [0.25, 0.3) is 0 Å². The second kappa shape index (κ2) is 6.31. The first-order valence-electron chi connectivity index (χ1n) is 5.47. The molecule has 1 aromatic carbocycles. The van der Waals surface area contributed by atoms with Gasteiger partial charge in [0, 0.05) is 0 Å². The highest BCUT2D eigenvalue weighted by Crippen LogP contribution is 2.20. The topological polar surface area (TPSA) is 77.5 Å². The molecule has 102 valence electrons. The van der Waals surface area contributed by atoms with Crippen molar-refractivity contribution in [2.45, 2.75) is 30.9 Å². The summed E-state index contributed by atoms with van der Waals surface area (Å²) >= 11 is 0. The Morgan fingerprint density at radius 1 is 1.28 bits per heavy atom. The molecular weight excluding hydrogens is 276 g/mol. The van der Waals surface area contributed by atoms with E-state index in [-0.39, 0.29) is 22.8 Å². The average Bonchev–Trinajstić information content (AvgIpc) is 2.25. The maximum Gasteiger partial charge on any atom is 0.297 e.